The summed E-state index contributed by atoms with van der Waals surface area (Å²) in [5.74, 6) is -0.462. The maximum absolute atomic E-state index is 11.6. The van der Waals surface area contributed by atoms with Gasteiger partial charge in [-0.1, -0.05) is 48.0 Å². The molecule has 0 aliphatic rings. The van der Waals surface area contributed by atoms with Crippen molar-refractivity contribution in [2.45, 2.75) is 18.6 Å². The lowest BCUT2D eigenvalue weighted by molar-refractivity contribution is -0.153. The topological polar surface area (TPSA) is 61.5 Å². The largest absolute Gasteiger partial charge is 0.467 e. The Morgan fingerprint density at radius 2 is 1.79 bits per heavy atom. The Balaban J connectivity index is 0.00000288. The fourth-order valence-electron chi connectivity index (χ4n) is 2.44. The van der Waals surface area contributed by atoms with E-state index in [1.54, 1.807) is 0 Å². The Kier molecular flexibility index (Phi) is 8.22. The van der Waals surface area contributed by atoms with E-state index in [4.69, 9.17) is 26.8 Å². The average Bonchev–Trinajstić information content (AvgIpc) is 2.56. The normalized spacial score (nSPS) is 12.8. The van der Waals surface area contributed by atoms with Crippen molar-refractivity contribution < 1.29 is 14.3 Å². The zero-order chi connectivity index (χ0) is 16.8. The number of hydrogen-bond acceptors (Lipinski definition) is 4. The molecule has 2 aromatic rings. The summed E-state index contributed by atoms with van der Waals surface area (Å²) in [4.78, 5) is 11.6. The van der Waals surface area contributed by atoms with Crippen LogP contribution in [0.25, 0.3) is 11.1 Å². The van der Waals surface area contributed by atoms with Crippen LogP contribution in [0, 0.1) is 0 Å². The molecule has 0 amide bonds. The molecule has 0 fully saturated rings. The minimum Gasteiger partial charge on any atom is -0.467 e. The second-order valence-corrected chi connectivity index (χ2v) is 5.69. The summed E-state index contributed by atoms with van der Waals surface area (Å²) in [6, 6.07) is 15.2. The molecule has 130 valence electrons. The molecule has 2 aromatic carbocycles. The smallest absolute Gasteiger partial charge is 0.336 e. The quantitative estimate of drug-likeness (QED) is 0.791. The van der Waals surface area contributed by atoms with Crippen molar-refractivity contribution in [3.05, 3.63) is 59.1 Å². The Hall–Kier alpha value is -1.59. The van der Waals surface area contributed by atoms with E-state index in [0.29, 0.717) is 11.4 Å². The summed E-state index contributed by atoms with van der Waals surface area (Å²) in [5, 5.41) is 0.703. The van der Waals surface area contributed by atoms with Crippen LogP contribution in [0.3, 0.4) is 0 Å². The van der Waals surface area contributed by atoms with Crippen molar-refractivity contribution in [3.8, 4) is 11.1 Å². The van der Waals surface area contributed by atoms with E-state index in [-0.39, 0.29) is 12.4 Å². The Bertz CT molecular complexity index is 662. The lowest BCUT2D eigenvalue weighted by atomic mass is 9.99. The van der Waals surface area contributed by atoms with Crippen molar-refractivity contribution in [1.82, 2.24) is 0 Å². The zero-order valence-electron chi connectivity index (χ0n) is 13.6. The van der Waals surface area contributed by atoms with Gasteiger partial charge in [-0.05, 0) is 35.2 Å². The monoisotopic (exact) mass is 369 g/mol. The molecule has 0 bridgehead atoms. The molecule has 4 nitrogen and oxygen atoms in total. The highest BCUT2D eigenvalue weighted by Gasteiger charge is 2.26. The van der Waals surface area contributed by atoms with Gasteiger partial charge in [0.25, 0.3) is 0 Å². The molecule has 2 atom stereocenters. The number of carbonyl (C=O) groups excluding carboxylic acids is 1. The first-order chi connectivity index (χ1) is 11.0. The molecule has 2 N–H and O–H groups in total. The highest BCUT2D eigenvalue weighted by molar-refractivity contribution is 6.30. The number of ether oxygens (including phenoxy) is 2. The molecule has 0 radical (unpaired) electrons. The van der Waals surface area contributed by atoms with Crippen LogP contribution in [0.4, 0.5) is 0 Å². The van der Waals surface area contributed by atoms with Crippen LogP contribution in [-0.2, 0) is 20.7 Å². The van der Waals surface area contributed by atoms with Gasteiger partial charge in [-0.25, -0.2) is 4.79 Å². The van der Waals surface area contributed by atoms with Crippen LogP contribution in [-0.4, -0.2) is 32.3 Å². The molecule has 2 rings (SSSR count). The maximum atomic E-state index is 11.6. The maximum Gasteiger partial charge on any atom is 0.336 e. The third-order valence-electron chi connectivity index (χ3n) is 3.66. The van der Waals surface area contributed by atoms with Crippen LogP contribution < -0.4 is 5.73 Å². The molecule has 6 heteroatoms. The molecular formula is C18H21Cl2NO3. The van der Waals surface area contributed by atoms with Gasteiger partial charge in [0.2, 0.25) is 0 Å². The third-order valence-corrected chi connectivity index (χ3v) is 3.89. The number of methoxy groups -OCH3 is 2. The van der Waals surface area contributed by atoms with Crippen molar-refractivity contribution in [3.63, 3.8) is 0 Å². The molecule has 0 aliphatic carbocycles. The number of nitrogens with two attached hydrogens (primary N) is 1. The number of benzene rings is 2. The summed E-state index contributed by atoms with van der Waals surface area (Å²) in [5.41, 5.74) is 9.21. The average molecular weight is 370 g/mol. The zero-order valence-corrected chi connectivity index (χ0v) is 15.1. The van der Waals surface area contributed by atoms with Crippen LogP contribution >= 0.6 is 24.0 Å². The van der Waals surface area contributed by atoms with Gasteiger partial charge in [0.1, 0.15) is 0 Å². The van der Waals surface area contributed by atoms with Crippen molar-refractivity contribution in [2.24, 2.45) is 5.73 Å². The molecule has 0 aromatic heterocycles. The number of hydrogen-bond donors (Lipinski definition) is 1. The van der Waals surface area contributed by atoms with Gasteiger partial charge in [0.15, 0.2) is 6.10 Å². The second kappa shape index (κ2) is 9.64. The number of halogens is 2. The molecular weight excluding hydrogens is 349 g/mol. The van der Waals surface area contributed by atoms with E-state index in [0.717, 1.165) is 16.7 Å². The summed E-state index contributed by atoms with van der Waals surface area (Å²) in [7, 11) is 2.77. The van der Waals surface area contributed by atoms with Crippen molar-refractivity contribution >= 4 is 30.0 Å². The molecule has 0 heterocycles. The Labute approximate surface area is 153 Å². The van der Waals surface area contributed by atoms with Gasteiger partial charge in [-0.15, -0.1) is 12.4 Å². The highest BCUT2D eigenvalue weighted by Crippen LogP contribution is 2.23. The van der Waals surface area contributed by atoms with Gasteiger partial charge in [0, 0.05) is 18.2 Å². The van der Waals surface area contributed by atoms with E-state index < -0.39 is 18.1 Å². The summed E-state index contributed by atoms with van der Waals surface area (Å²) in [6.45, 7) is 0. The third kappa shape index (κ3) is 5.21. The SMILES string of the molecule is COC(=O)C(OC)C(N)Cc1ccc(-c2cccc(Cl)c2)cc1.Cl. The fraction of sp³-hybridized carbons (Fsp3) is 0.278. The van der Waals surface area contributed by atoms with Crippen LogP contribution in [0.15, 0.2) is 48.5 Å². The minimum atomic E-state index is -0.771. The van der Waals surface area contributed by atoms with E-state index >= 15 is 0 Å². The molecule has 24 heavy (non-hydrogen) atoms. The van der Waals surface area contributed by atoms with E-state index in [1.165, 1.54) is 14.2 Å². The number of esters is 1. The molecule has 0 aliphatic heterocycles. The lowest BCUT2D eigenvalue weighted by Crippen LogP contribution is -2.44. The van der Waals surface area contributed by atoms with Crippen molar-refractivity contribution in [2.75, 3.05) is 14.2 Å². The minimum absolute atomic E-state index is 0. The molecule has 0 saturated carbocycles. The summed E-state index contributed by atoms with van der Waals surface area (Å²) in [6.07, 6.45) is -0.253. The van der Waals surface area contributed by atoms with E-state index in [1.807, 2.05) is 48.5 Å². The van der Waals surface area contributed by atoms with E-state index in [9.17, 15) is 4.79 Å². The molecule has 0 saturated heterocycles. The molecule has 2 unspecified atom stereocenters. The standard InChI is InChI=1S/C18H20ClNO3.ClH/c1-22-17(18(21)23-2)16(20)10-12-6-8-13(9-7-12)14-4-3-5-15(19)11-14;/h3-9,11,16-17H,10,20H2,1-2H3;1H. The molecule has 0 spiro atoms. The Morgan fingerprint density at radius 3 is 2.33 bits per heavy atom. The van der Waals surface area contributed by atoms with Crippen molar-refractivity contribution in [1.29, 1.82) is 0 Å². The first-order valence-electron chi connectivity index (χ1n) is 7.26. The Morgan fingerprint density at radius 1 is 1.12 bits per heavy atom. The first-order valence-corrected chi connectivity index (χ1v) is 7.64. The summed E-state index contributed by atoms with van der Waals surface area (Å²) >= 11 is 6.01. The second-order valence-electron chi connectivity index (χ2n) is 5.25. The van der Waals surface area contributed by atoms with Crippen LogP contribution in [0.1, 0.15) is 5.56 Å². The van der Waals surface area contributed by atoms with Gasteiger partial charge in [0.05, 0.1) is 7.11 Å². The highest BCUT2D eigenvalue weighted by atomic mass is 35.5. The predicted octanol–water partition coefficient (Wildman–Crippen LogP) is 3.49. The number of rotatable bonds is 6. The number of carbonyl (C=O) groups is 1. The predicted molar refractivity (Wildman–Crippen MR) is 98.6 cm³/mol. The van der Waals surface area contributed by atoms with Crippen LogP contribution in [0.2, 0.25) is 5.02 Å². The van der Waals surface area contributed by atoms with Gasteiger partial charge in [-0.2, -0.15) is 0 Å². The van der Waals surface area contributed by atoms with Gasteiger partial charge in [-0.3, -0.25) is 0 Å². The van der Waals surface area contributed by atoms with Crippen LogP contribution in [0.5, 0.6) is 0 Å². The van der Waals surface area contributed by atoms with E-state index in [2.05, 4.69) is 0 Å². The van der Waals surface area contributed by atoms with Gasteiger partial charge >= 0.3 is 5.97 Å². The van der Waals surface area contributed by atoms with Gasteiger partial charge < -0.3 is 15.2 Å². The first kappa shape index (κ1) is 20.5. The fourth-order valence-corrected chi connectivity index (χ4v) is 2.63. The summed E-state index contributed by atoms with van der Waals surface area (Å²) < 4.78 is 9.82. The lowest BCUT2D eigenvalue weighted by Gasteiger charge is -2.20.